The highest BCUT2D eigenvalue weighted by molar-refractivity contribution is 5.80. The Morgan fingerprint density at radius 1 is 1.00 bits per heavy atom. The second-order valence-electron chi connectivity index (χ2n) is 8.25. The lowest BCUT2D eigenvalue weighted by atomic mass is 9.93. The van der Waals surface area contributed by atoms with Crippen molar-refractivity contribution in [3.63, 3.8) is 0 Å². The first-order valence-electron chi connectivity index (χ1n) is 11.0. The Balaban J connectivity index is 1.30. The van der Waals surface area contributed by atoms with Crippen molar-refractivity contribution in [2.45, 2.75) is 25.8 Å². The molecule has 2 aromatic heterocycles. The summed E-state index contributed by atoms with van der Waals surface area (Å²) in [5, 5.41) is 7.63. The van der Waals surface area contributed by atoms with Gasteiger partial charge in [0.1, 0.15) is 12.1 Å². The Bertz CT molecular complexity index is 1160. The summed E-state index contributed by atoms with van der Waals surface area (Å²) in [4.78, 5) is 24.2. The van der Waals surface area contributed by atoms with Gasteiger partial charge in [-0.25, -0.2) is 4.98 Å². The average molecular weight is 427 g/mol. The number of fused-ring (bicyclic) bond motifs is 1. The molecule has 1 saturated heterocycles. The summed E-state index contributed by atoms with van der Waals surface area (Å²) < 4.78 is 1.77. The molecule has 1 aliphatic rings. The summed E-state index contributed by atoms with van der Waals surface area (Å²) >= 11 is 0. The van der Waals surface area contributed by atoms with Gasteiger partial charge in [0.15, 0.2) is 0 Å². The first-order valence-corrected chi connectivity index (χ1v) is 11.0. The molecule has 1 aliphatic heterocycles. The van der Waals surface area contributed by atoms with Crippen LogP contribution in [0.5, 0.6) is 0 Å². The number of amides is 1. The molecule has 32 heavy (non-hydrogen) atoms. The summed E-state index contributed by atoms with van der Waals surface area (Å²) in [6, 6.07) is 22.2. The zero-order chi connectivity index (χ0) is 21.9. The van der Waals surface area contributed by atoms with Crippen LogP contribution in [0.2, 0.25) is 0 Å². The van der Waals surface area contributed by atoms with Crippen LogP contribution in [-0.4, -0.2) is 38.6 Å². The molecule has 2 aromatic carbocycles. The Hall–Kier alpha value is -3.74. The first-order chi connectivity index (χ1) is 15.7. The minimum Gasteiger partial charge on any atom is -0.356 e. The van der Waals surface area contributed by atoms with Gasteiger partial charge in [-0.3, -0.25) is 4.79 Å². The highest BCUT2D eigenvalue weighted by Crippen LogP contribution is 2.27. The molecule has 0 atom stereocenters. The van der Waals surface area contributed by atoms with E-state index in [9.17, 15) is 4.79 Å². The Kier molecular flexibility index (Phi) is 5.54. The van der Waals surface area contributed by atoms with Crippen molar-refractivity contribution in [1.82, 2.24) is 24.9 Å². The van der Waals surface area contributed by atoms with Crippen LogP contribution in [0.3, 0.4) is 0 Å². The number of carbonyl (C=O) groups excluding carboxylic acids is 1. The smallest absolute Gasteiger partial charge is 0.254 e. The van der Waals surface area contributed by atoms with Gasteiger partial charge < -0.3 is 10.2 Å². The zero-order valence-corrected chi connectivity index (χ0v) is 18.1. The van der Waals surface area contributed by atoms with Crippen molar-refractivity contribution < 1.29 is 4.79 Å². The van der Waals surface area contributed by atoms with E-state index in [2.05, 4.69) is 49.5 Å². The maximum Gasteiger partial charge on any atom is 0.254 e. The van der Waals surface area contributed by atoms with Crippen LogP contribution in [0, 0.1) is 12.8 Å². The van der Waals surface area contributed by atoms with Crippen molar-refractivity contribution >= 4 is 17.5 Å². The van der Waals surface area contributed by atoms with Gasteiger partial charge in [0.25, 0.3) is 5.78 Å². The Morgan fingerprint density at radius 3 is 2.25 bits per heavy atom. The van der Waals surface area contributed by atoms with E-state index in [0.717, 1.165) is 48.6 Å². The molecule has 7 nitrogen and oxygen atoms in total. The van der Waals surface area contributed by atoms with Gasteiger partial charge in [0.05, 0.1) is 6.04 Å². The summed E-state index contributed by atoms with van der Waals surface area (Å²) in [5.41, 5.74) is 3.09. The van der Waals surface area contributed by atoms with E-state index in [-0.39, 0.29) is 17.9 Å². The van der Waals surface area contributed by atoms with Crippen LogP contribution in [-0.2, 0) is 4.79 Å². The van der Waals surface area contributed by atoms with Crippen LogP contribution in [0.1, 0.15) is 35.7 Å². The predicted molar refractivity (Wildman–Crippen MR) is 123 cm³/mol. The van der Waals surface area contributed by atoms with Gasteiger partial charge in [-0.1, -0.05) is 60.7 Å². The number of nitrogens with one attached hydrogen (secondary N) is 1. The third kappa shape index (κ3) is 4.06. The minimum atomic E-state index is -0.152. The molecule has 3 heterocycles. The lowest BCUT2D eigenvalue weighted by Gasteiger charge is -2.33. The van der Waals surface area contributed by atoms with Gasteiger partial charge in [-0.2, -0.15) is 14.6 Å². The van der Waals surface area contributed by atoms with Crippen molar-refractivity contribution in [3.8, 4) is 0 Å². The standard InChI is InChI=1S/C25H26N6O/c1-18-16-22(31-25(28-18)26-17-27-31)30-14-12-21(13-15-30)24(32)29-23(19-8-4-2-5-9-19)20-10-6-3-7-11-20/h2-11,16-17,21,23H,12-15H2,1H3,(H,29,32). The van der Waals surface area contributed by atoms with Crippen LogP contribution < -0.4 is 10.2 Å². The normalized spacial score (nSPS) is 14.8. The quantitative estimate of drug-likeness (QED) is 0.528. The number of piperidine rings is 1. The van der Waals surface area contributed by atoms with E-state index < -0.39 is 0 Å². The van der Waals surface area contributed by atoms with Crippen LogP contribution in [0.4, 0.5) is 5.82 Å². The minimum absolute atomic E-state index is 0.0182. The van der Waals surface area contributed by atoms with Crippen molar-refractivity contribution in [1.29, 1.82) is 0 Å². The number of carbonyl (C=O) groups is 1. The highest BCUT2D eigenvalue weighted by atomic mass is 16.2. The second-order valence-corrected chi connectivity index (χ2v) is 8.25. The lowest BCUT2D eigenvalue weighted by Crippen LogP contribution is -2.42. The van der Waals surface area contributed by atoms with Crippen LogP contribution >= 0.6 is 0 Å². The molecular weight excluding hydrogens is 400 g/mol. The fraction of sp³-hybridized carbons (Fsp3) is 0.280. The molecule has 1 amide bonds. The maximum absolute atomic E-state index is 13.3. The van der Waals surface area contributed by atoms with Crippen molar-refractivity contribution in [3.05, 3.63) is 89.9 Å². The number of hydrogen-bond acceptors (Lipinski definition) is 5. The molecule has 162 valence electrons. The molecule has 1 fully saturated rings. The number of anilines is 1. The van der Waals surface area contributed by atoms with E-state index in [0.29, 0.717) is 5.78 Å². The number of rotatable bonds is 5. The number of nitrogens with zero attached hydrogens (tertiary/aromatic N) is 5. The number of aryl methyl sites for hydroxylation is 1. The summed E-state index contributed by atoms with van der Waals surface area (Å²) in [7, 11) is 0. The van der Waals surface area contributed by atoms with E-state index in [1.54, 1.807) is 4.52 Å². The molecule has 0 saturated carbocycles. The van der Waals surface area contributed by atoms with Gasteiger partial charge in [-0.15, -0.1) is 0 Å². The predicted octanol–water partition coefficient (Wildman–Crippen LogP) is 3.55. The van der Waals surface area contributed by atoms with Gasteiger partial charge in [-0.05, 0) is 30.9 Å². The van der Waals surface area contributed by atoms with Crippen molar-refractivity contribution in [2.24, 2.45) is 5.92 Å². The van der Waals surface area contributed by atoms with Gasteiger partial charge >= 0.3 is 0 Å². The molecule has 0 aliphatic carbocycles. The molecule has 0 unspecified atom stereocenters. The number of benzene rings is 2. The lowest BCUT2D eigenvalue weighted by molar-refractivity contribution is -0.126. The molecule has 4 aromatic rings. The summed E-state index contributed by atoms with van der Waals surface area (Å²) in [6.07, 6.45) is 3.11. The van der Waals surface area contributed by atoms with E-state index in [1.807, 2.05) is 49.4 Å². The average Bonchev–Trinajstić information content (AvgIpc) is 3.31. The van der Waals surface area contributed by atoms with E-state index in [4.69, 9.17) is 0 Å². The van der Waals surface area contributed by atoms with Gasteiger partial charge in [0, 0.05) is 30.8 Å². The monoisotopic (exact) mass is 426 g/mol. The second kappa shape index (κ2) is 8.78. The molecule has 0 spiro atoms. The molecule has 0 radical (unpaired) electrons. The van der Waals surface area contributed by atoms with E-state index in [1.165, 1.54) is 6.33 Å². The third-order valence-electron chi connectivity index (χ3n) is 6.10. The van der Waals surface area contributed by atoms with Crippen LogP contribution in [0.15, 0.2) is 73.1 Å². The fourth-order valence-electron chi connectivity index (χ4n) is 4.42. The topological polar surface area (TPSA) is 75.4 Å². The SMILES string of the molecule is Cc1cc(N2CCC(C(=O)NC(c3ccccc3)c3ccccc3)CC2)n2ncnc2n1. The largest absolute Gasteiger partial charge is 0.356 e. The summed E-state index contributed by atoms with van der Waals surface area (Å²) in [6.45, 7) is 3.54. The molecule has 7 heteroatoms. The molecule has 0 bridgehead atoms. The first kappa shape index (κ1) is 20.2. The molecule has 1 N–H and O–H groups in total. The Morgan fingerprint density at radius 2 is 1.62 bits per heavy atom. The highest BCUT2D eigenvalue weighted by Gasteiger charge is 2.28. The molecular formula is C25H26N6O. The number of hydrogen-bond donors (Lipinski definition) is 1. The van der Waals surface area contributed by atoms with Crippen LogP contribution in [0.25, 0.3) is 5.78 Å². The zero-order valence-electron chi connectivity index (χ0n) is 18.1. The Labute approximate surface area is 187 Å². The van der Waals surface area contributed by atoms with E-state index >= 15 is 0 Å². The third-order valence-corrected chi connectivity index (χ3v) is 6.10. The summed E-state index contributed by atoms with van der Waals surface area (Å²) in [5.74, 6) is 1.68. The maximum atomic E-state index is 13.3. The molecule has 5 rings (SSSR count). The fourth-order valence-corrected chi connectivity index (χ4v) is 4.42. The number of aromatic nitrogens is 4. The van der Waals surface area contributed by atoms with Crippen molar-refractivity contribution in [2.75, 3.05) is 18.0 Å². The van der Waals surface area contributed by atoms with Gasteiger partial charge in [0.2, 0.25) is 5.91 Å².